The third kappa shape index (κ3) is 3.29. The first-order chi connectivity index (χ1) is 9.57. The molecule has 0 aliphatic heterocycles. The molecule has 0 heterocycles. The van der Waals surface area contributed by atoms with Gasteiger partial charge in [0.05, 0.1) is 22.8 Å². The van der Waals surface area contributed by atoms with Gasteiger partial charge in [0.15, 0.2) is 4.90 Å². The monoisotopic (exact) mass is 318 g/mol. The van der Waals surface area contributed by atoms with Crippen molar-refractivity contribution in [2.45, 2.75) is 24.3 Å². The van der Waals surface area contributed by atoms with Crippen LogP contribution in [0.4, 0.5) is 11.4 Å². The first-order valence-corrected chi connectivity index (χ1v) is 7.37. The zero-order chi connectivity index (χ0) is 16.4. The fourth-order valence-corrected chi connectivity index (χ4v) is 3.18. The lowest BCUT2D eigenvalue weighted by Gasteiger charge is -2.32. The number of likely N-dealkylation sites (N-methyl/N-ethyl adjacent to an activating group) is 1. The molecule has 118 valence electrons. The molecule has 0 atom stereocenters. The number of nitro benzene ring substituents is 1. The van der Waals surface area contributed by atoms with Gasteiger partial charge in [0.25, 0.3) is 5.69 Å². The highest BCUT2D eigenvalue weighted by atomic mass is 32.2. The van der Waals surface area contributed by atoms with Gasteiger partial charge in [0.2, 0.25) is 10.0 Å². The van der Waals surface area contributed by atoms with Crippen molar-refractivity contribution < 1.29 is 18.4 Å². The molecule has 10 heteroatoms. The van der Waals surface area contributed by atoms with Crippen LogP contribution in [0, 0.1) is 10.1 Å². The number of aliphatic hydroxyl groups is 1. The van der Waals surface area contributed by atoms with Crippen LogP contribution in [-0.2, 0) is 10.0 Å². The Kier molecular flexibility index (Phi) is 4.89. The molecule has 0 saturated heterocycles. The largest absolute Gasteiger partial charge is 0.394 e. The third-order valence-corrected chi connectivity index (χ3v) is 5.32. The van der Waals surface area contributed by atoms with E-state index in [9.17, 15) is 23.6 Å². The highest BCUT2D eigenvalue weighted by Crippen LogP contribution is 2.31. The standard InChI is InChI=1S/C11H18N4O5S/c1-11(2,7-16)14(3)21(19,20)10-5-4-8(13-12)6-9(10)15(17)18/h4-6,13,16H,7,12H2,1-3H3. The minimum Gasteiger partial charge on any atom is -0.394 e. The maximum atomic E-state index is 12.5. The van der Waals surface area contributed by atoms with Crippen LogP contribution >= 0.6 is 0 Å². The molecule has 0 fully saturated rings. The van der Waals surface area contributed by atoms with Gasteiger partial charge in [-0.05, 0) is 26.0 Å². The number of hydrogen-bond acceptors (Lipinski definition) is 7. The van der Waals surface area contributed by atoms with Gasteiger partial charge in [-0.3, -0.25) is 16.0 Å². The number of nitrogens with two attached hydrogens (primary N) is 1. The molecule has 4 N–H and O–H groups in total. The van der Waals surface area contributed by atoms with Crippen molar-refractivity contribution in [3.8, 4) is 0 Å². The molecule has 0 bridgehead atoms. The molecule has 0 aromatic heterocycles. The van der Waals surface area contributed by atoms with Crippen LogP contribution in [0.3, 0.4) is 0 Å². The van der Waals surface area contributed by atoms with E-state index in [1.165, 1.54) is 27.0 Å². The number of hydrogen-bond donors (Lipinski definition) is 3. The summed E-state index contributed by atoms with van der Waals surface area (Å²) in [5.74, 6) is 5.16. The predicted molar refractivity (Wildman–Crippen MR) is 77.0 cm³/mol. The minimum atomic E-state index is -4.15. The Hall–Kier alpha value is -1.75. The van der Waals surface area contributed by atoms with Gasteiger partial charge in [-0.1, -0.05) is 0 Å². The highest BCUT2D eigenvalue weighted by molar-refractivity contribution is 7.89. The number of aliphatic hydroxyl groups excluding tert-OH is 1. The minimum absolute atomic E-state index is 0.213. The fourth-order valence-electron chi connectivity index (χ4n) is 1.54. The van der Waals surface area contributed by atoms with Crippen molar-refractivity contribution in [2.24, 2.45) is 5.84 Å². The second-order valence-corrected chi connectivity index (χ2v) is 6.96. The summed E-state index contributed by atoms with van der Waals surface area (Å²) in [6.45, 7) is 2.58. The first kappa shape index (κ1) is 17.3. The number of rotatable bonds is 6. The van der Waals surface area contributed by atoms with E-state index in [1.54, 1.807) is 0 Å². The normalized spacial score (nSPS) is 12.5. The van der Waals surface area contributed by atoms with E-state index in [4.69, 9.17) is 5.84 Å². The van der Waals surface area contributed by atoms with Crippen molar-refractivity contribution in [3.63, 3.8) is 0 Å². The van der Waals surface area contributed by atoms with Gasteiger partial charge >= 0.3 is 0 Å². The van der Waals surface area contributed by atoms with Crippen molar-refractivity contribution in [3.05, 3.63) is 28.3 Å². The molecule has 0 unspecified atom stereocenters. The Morgan fingerprint density at radius 1 is 1.48 bits per heavy atom. The Morgan fingerprint density at radius 3 is 2.48 bits per heavy atom. The summed E-state index contributed by atoms with van der Waals surface area (Å²) in [5, 5.41) is 20.4. The summed E-state index contributed by atoms with van der Waals surface area (Å²) in [6.07, 6.45) is 0. The quantitative estimate of drug-likeness (QED) is 0.388. The van der Waals surface area contributed by atoms with Crippen molar-refractivity contribution in [1.82, 2.24) is 4.31 Å². The lowest BCUT2D eigenvalue weighted by molar-refractivity contribution is -0.387. The number of nitrogens with zero attached hydrogens (tertiary/aromatic N) is 2. The number of nitrogen functional groups attached to an aromatic ring is 1. The van der Waals surface area contributed by atoms with Gasteiger partial charge in [-0.15, -0.1) is 0 Å². The number of nitrogens with one attached hydrogen (secondary N) is 1. The molecule has 0 radical (unpaired) electrons. The van der Waals surface area contributed by atoms with E-state index in [2.05, 4.69) is 5.43 Å². The van der Waals surface area contributed by atoms with Crippen LogP contribution in [-0.4, -0.2) is 41.9 Å². The molecule has 0 aliphatic rings. The number of sulfonamides is 1. The molecular weight excluding hydrogens is 300 g/mol. The molecule has 1 aromatic rings. The van der Waals surface area contributed by atoms with Crippen LogP contribution in [0.5, 0.6) is 0 Å². The van der Waals surface area contributed by atoms with Crippen molar-refractivity contribution >= 4 is 21.4 Å². The third-order valence-electron chi connectivity index (χ3n) is 3.20. The summed E-state index contributed by atoms with van der Waals surface area (Å²) in [5.41, 5.74) is 0.740. The number of nitro groups is 1. The summed E-state index contributed by atoms with van der Waals surface area (Å²) in [6, 6.07) is 3.46. The molecule has 21 heavy (non-hydrogen) atoms. The van der Waals surface area contributed by atoms with Gasteiger partial charge in [0.1, 0.15) is 0 Å². The highest BCUT2D eigenvalue weighted by Gasteiger charge is 2.37. The van der Waals surface area contributed by atoms with Crippen LogP contribution < -0.4 is 11.3 Å². The predicted octanol–water partition coefficient (Wildman–Crippen LogP) is 0.272. The van der Waals surface area contributed by atoms with Gasteiger partial charge < -0.3 is 10.5 Å². The Balaban J connectivity index is 3.48. The lowest BCUT2D eigenvalue weighted by Crippen LogP contribution is -2.47. The van der Waals surface area contributed by atoms with E-state index < -0.39 is 37.7 Å². The van der Waals surface area contributed by atoms with Crippen molar-refractivity contribution in [2.75, 3.05) is 19.1 Å². The smallest absolute Gasteiger partial charge is 0.291 e. The van der Waals surface area contributed by atoms with E-state index in [1.807, 2.05) is 0 Å². The molecule has 9 nitrogen and oxygen atoms in total. The van der Waals surface area contributed by atoms with Crippen LogP contribution in [0.25, 0.3) is 0 Å². The van der Waals surface area contributed by atoms with E-state index in [0.717, 1.165) is 16.4 Å². The molecular formula is C11H18N4O5S. The van der Waals surface area contributed by atoms with Gasteiger partial charge in [-0.2, -0.15) is 4.31 Å². The Morgan fingerprint density at radius 2 is 2.05 bits per heavy atom. The molecule has 0 saturated carbocycles. The number of hydrazine groups is 1. The lowest BCUT2D eigenvalue weighted by atomic mass is 10.1. The van der Waals surface area contributed by atoms with Gasteiger partial charge in [-0.25, -0.2) is 8.42 Å². The molecule has 1 rings (SSSR count). The molecule has 1 aromatic carbocycles. The van der Waals surface area contributed by atoms with Crippen LogP contribution in [0.15, 0.2) is 23.1 Å². The zero-order valence-corrected chi connectivity index (χ0v) is 12.7. The van der Waals surface area contributed by atoms with Crippen LogP contribution in [0.2, 0.25) is 0 Å². The topological polar surface area (TPSA) is 139 Å². The molecule has 0 aliphatic carbocycles. The van der Waals surface area contributed by atoms with Crippen molar-refractivity contribution in [1.29, 1.82) is 0 Å². The summed E-state index contributed by atoms with van der Waals surface area (Å²) in [7, 11) is -2.89. The maximum absolute atomic E-state index is 12.5. The van der Waals surface area contributed by atoms with E-state index in [-0.39, 0.29) is 5.69 Å². The molecule has 0 amide bonds. The van der Waals surface area contributed by atoms with E-state index in [0.29, 0.717) is 0 Å². The second-order valence-electron chi connectivity index (χ2n) is 5.03. The fraction of sp³-hybridized carbons (Fsp3) is 0.455. The number of anilines is 1. The van der Waals surface area contributed by atoms with E-state index >= 15 is 0 Å². The second kappa shape index (κ2) is 5.93. The SMILES string of the molecule is CN(C(C)(C)CO)S(=O)(=O)c1ccc(NN)cc1[N+](=O)[O-]. The molecule has 0 spiro atoms. The average Bonchev–Trinajstić information content (AvgIpc) is 2.45. The number of benzene rings is 1. The summed E-state index contributed by atoms with van der Waals surface area (Å²) in [4.78, 5) is 9.82. The summed E-state index contributed by atoms with van der Waals surface area (Å²) >= 11 is 0. The van der Waals surface area contributed by atoms with Crippen LogP contribution in [0.1, 0.15) is 13.8 Å². The first-order valence-electron chi connectivity index (χ1n) is 5.93. The Labute approximate surface area is 122 Å². The maximum Gasteiger partial charge on any atom is 0.291 e. The van der Waals surface area contributed by atoms with Gasteiger partial charge in [0, 0.05) is 13.1 Å². The zero-order valence-electron chi connectivity index (χ0n) is 11.9. The Bertz CT molecular complexity index is 644. The average molecular weight is 318 g/mol. The summed E-state index contributed by atoms with van der Waals surface area (Å²) < 4.78 is 25.9.